The molecule has 1 aliphatic rings. The Morgan fingerprint density at radius 2 is 2.22 bits per heavy atom. The van der Waals surface area contributed by atoms with Gasteiger partial charge in [0.2, 0.25) is 11.7 Å². The Hall–Kier alpha value is -2.54. The number of rotatable bonds is 5. The molecule has 1 aliphatic heterocycles. The maximum atomic E-state index is 5.40. The lowest BCUT2D eigenvalue weighted by molar-refractivity contribution is 0.192. The Morgan fingerprint density at radius 1 is 1.22 bits per heavy atom. The van der Waals surface area contributed by atoms with Crippen molar-refractivity contribution in [3.8, 4) is 11.5 Å². The zero-order valence-corrected chi connectivity index (χ0v) is 12.7. The summed E-state index contributed by atoms with van der Waals surface area (Å²) in [6, 6.07) is 8.08. The summed E-state index contributed by atoms with van der Waals surface area (Å²) in [6.45, 7) is 2.62. The van der Waals surface area contributed by atoms with E-state index >= 15 is 0 Å². The van der Waals surface area contributed by atoms with E-state index in [2.05, 4.69) is 25.1 Å². The molecule has 0 bridgehead atoms. The van der Waals surface area contributed by atoms with Crippen molar-refractivity contribution in [2.24, 2.45) is 0 Å². The molecule has 4 rings (SSSR count). The smallest absolute Gasteiger partial charge is 0.241 e. The second kappa shape index (κ2) is 6.29. The van der Waals surface area contributed by atoms with Gasteiger partial charge in [0.25, 0.3) is 0 Å². The van der Waals surface area contributed by atoms with Crippen molar-refractivity contribution in [2.45, 2.75) is 32.0 Å². The van der Waals surface area contributed by atoms with E-state index in [1.807, 2.05) is 41.3 Å². The molecule has 0 N–H and O–H groups in total. The highest BCUT2D eigenvalue weighted by molar-refractivity contribution is 5.46. The normalized spacial score (nSPS) is 18.5. The van der Waals surface area contributed by atoms with Crippen molar-refractivity contribution in [1.82, 2.24) is 29.8 Å². The van der Waals surface area contributed by atoms with Crippen LogP contribution in [0.1, 0.15) is 18.7 Å². The summed E-state index contributed by atoms with van der Waals surface area (Å²) in [7, 11) is 0. The first-order valence-corrected chi connectivity index (χ1v) is 7.84. The largest absolute Gasteiger partial charge is 0.337 e. The lowest BCUT2D eigenvalue weighted by atomic mass is 10.2. The number of hydrogen-bond acceptors (Lipinski definition) is 6. The minimum absolute atomic E-state index is 0.458. The minimum atomic E-state index is 0.458. The molecule has 1 saturated heterocycles. The monoisotopic (exact) mass is 310 g/mol. The average molecular weight is 310 g/mol. The van der Waals surface area contributed by atoms with E-state index in [0.717, 1.165) is 18.8 Å². The van der Waals surface area contributed by atoms with Gasteiger partial charge < -0.3 is 4.52 Å². The van der Waals surface area contributed by atoms with Crippen LogP contribution in [0.4, 0.5) is 0 Å². The molecule has 1 fully saturated rings. The molecule has 0 aliphatic carbocycles. The summed E-state index contributed by atoms with van der Waals surface area (Å²) in [4.78, 5) is 11.1. The van der Waals surface area contributed by atoms with Crippen molar-refractivity contribution in [3.63, 3.8) is 0 Å². The topological polar surface area (TPSA) is 72.9 Å². The number of nitrogens with zero attached hydrogens (tertiary/aromatic N) is 6. The quantitative estimate of drug-likeness (QED) is 0.717. The Labute approximate surface area is 134 Å². The fourth-order valence-corrected chi connectivity index (χ4v) is 3.03. The van der Waals surface area contributed by atoms with E-state index in [1.165, 1.54) is 12.8 Å². The van der Waals surface area contributed by atoms with E-state index in [4.69, 9.17) is 4.52 Å². The van der Waals surface area contributed by atoms with Crippen LogP contribution >= 0.6 is 0 Å². The third-order valence-corrected chi connectivity index (χ3v) is 4.16. The minimum Gasteiger partial charge on any atom is -0.337 e. The third-order valence-electron chi connectivity index (χ3n) is 4.16. The van der Waals surface area contributed by atoms with Crippen LogP contribution in [0.2, 0.25) is 0 Å². The van der Waals surface area contributed by atoms with Gasteiger partial charge in [0.05, 0.1) is 13.1 Å². The molecule has 0 spiro atoms. The summed E-state index contributed by atoms with van der Waals surface area (Å²) in [5.41, 5.74) is 0.733. The molecule has 3 aromatic heterocycles. The summed E-state index contributed by atoms with van der Waals surface area (Å²) in [6.07, 6.45) is 7.90. The molecule has 7 nitrogen and oxygen atoms in total. The average Bonchev–Trinajstić information content (AvgIpc) is 3.33. The standard InChI is InChI=1S/C16H18N6O/c1-2-7-17-14(6-1)16-19-15(23-20-16)12-21-9-3-5-13(21)11-22-10-4-8-18-22/h1-2,4,6-8,10,13H,3,5,9,11-12H2/t13-/m0/s1. The maximum Gasteiger partial charge on any atom is 0.241 e. The number of likely N-dealkylation sites (tertiary alicyclic amines) is 1. The fourth-order valence-electron chi connectivity index (χ4n) is 3.03. The summed E-state index contributed by atoms with van der Waals surface area (Å²) in [5.74, 6) is 1.18. The van der Waals surface area contributed by atoms with Crippen molar-refractivity contribution in [1.29, 1.82) is 0 Å². The van der Waals surface area contributed by atoms with Gasteiger partial charge in [-0.3, -0.25) is 14.6 Å². The van der Waals surface area contributed by atoms with E-state index in [-0.39, 0.29) is 0 Å². The second-order valence-electron chi connectivity index (χ2n) is 5.72. The van der Waals surface area contributed by atoms with Crippen LogP contribution < -0.4 is 0 Å². The molecule has 118 valence electrons. The van der Waals surface area contributed by atoms with Crippen LogP contribution in [0.5, 0.6) is 0 Å². The second-order valence-corrected chi connectivity index (χ2v) is 5.72. The van der Waals surface area contributed by atoms with Crippen LogP contribution in [-0.4, -0.2) is 42.4 Å². The van der Waals surface area contributed by atoms with E-state index in [9.17, 15) is 0 Å². The summed E-state index contributed by atoms with van der Waals surface area (Å²) < 4.78 is 7.38. The van der Waals surface area contributed by atoms with Crippen molar-refractivity contribution < 1.29 is 4.52 Å². The fraction of sp³-hybridized carbons (Fsp3) is 0.375. The Bertz CT molecular complexity index is 739. The van der Waals surface area contributed by atoms with Gasteiger partial charge in [-0.2, -0.15) is 10.1 Å². The molecule has 0 saturated carbocycles. The maximum absolute atomic E-state index is 5.40. The first-order valence-electron chi connectivity index (χ1n) is 7.84. The van der Waals surface area contributed by atoms with Crippen LogP contribution in [0.25, 0.3) is 11.5 Å². The van der Waals surface area contributed by atoms with E-state index in [0.29, 0.717) is 24.3 Å². The van der Waals surface area contributed by atoms with Crippen LogP contribution in [0.15, 0.2) is 47.4 Å². The lowest BCUT2D eigenvalue weighted by Gasteiger charge is -2.22. The number of aromatic nitrogens is 5. The molecule has 7 heteroatoms. The number of hydrogen-bond donors (Lipinski definition) is 0. The predicted octanol–water partition coefficient (Wildman–Crippen LogP) is 1.99. The van der Waals surface area contributed by atoms with Gasteiger partial charge in [-0.1, -0.05) is 11.2 Å². The first-order chi connectivity index (χ1) is 11.4. The molecule has 0 unspecified atom stereocenters. The molecule has 0 aromatic carbocycles. The predicted molar refractivity (Wildman–Crippen MR) is 83.2 cm³/mol. The van der Waals surface area contributed by atoms with Gasteiger partial charge >= 0.3 is 0 Å². The van der Waals surface area contributed by atoms with Crippen molar-refractivity contribution in [2.75, 3.05) is 6.54 Å². The van der Waals surface area contributed by atoms with E-state index < -0.39 is 0 Å². The van der Waals surface area contributed by atoms with Gasteiger partial charge in [0.15, 0.2) is 0 Å². The third kappa shape index (κ3) is 3.14. The molecule has 23 heavy (non-hydrogen) atoms. The highest BCUT2D eigenvalue weighted by Crippen LogP contribution is 2.21. The molecule has 4 heterocycles. The molecule has 0 amide bonds. The zero-order chi connectivity index (χ0) is 15.5. The molecule has 3 aromatic rings. The van der Waals surface area contributed by atoms with Crippen LogP contribution in [-0.2, 0) is 13.1 Å². The first kappa shape index (κ1) is 14.1. The lowest BCUT2D eigenvalue weighted by Crippen LogP contribution is -2.32. The van der Waals surface area contributed by atoms with Crippen molar-refractivity contribution in [3.05, 3.63) is 48.7 Å². The van der Waals surface area contributed by atoms with Gasteiger partial charge in [-0.25, -0.2) is 0 Å². The highest BCUT2D eigenvalue weighted by atomic mass is 16.5. The van der Waals surface area contributed by atoms with Gasteiger partial charge in [-0.15, -0.1) is 0 Å². The molecule has 0 radical (unpaired) electrons. The number of pyridine rings is 1. The highest BCUT2D eigenvalue weighted by Gasteiger charge is 2.26. The van der Waals surface area contributed by atoms with Crippen molar-refractivity contribution >= 4 is 0 Å². The van der Waals surface area contributed by atoms with Gasteiger partial charge in [-0.05, 0) is 37.6 Å². The Balaban J connectivity index is 1.44. The molecule has 1 atom stereocenters. The zero-order valence-electron chi connectivity index (χ0n) is 12.7. The Kier molecular flexibility index (Phi) is 3.85. The van der Waals surface area contributed by atoms with E-state index in [1.54, 1.807) is 6.20 Å². The van der Waals surface area contributed by atoms with Crippen LogP contribution in [0.3, 0.4) is 0 Å². The SMILES string of the molecule is c1ccc(-c2noc(CN3CCC[C@H]3Cn3cccn3)n2)nc1. The summed E-state index contributed by atoms with van der Waals surface area (Å²) in [5, 5.41) is 8.33. The van der Waals surface area contributed by atoms with Crippen LogP contribution in [0, 0.1) is 0 Å². The molecular formula is C16H18N6O. The Morgan fingerprint density at radius 3 is 3.04 bits per heavy atom. The molecular weight excluding hydrogens is 292 g/mol. The van der Waals surface area contributed by atoms with Gasteiger partial charge in [0.1, 0.15) is 5.69 Å². The van der Waals surface area contributed by atoms with Gasteiger partial charge in [0, 0.05) is 24.6 Å². The summed E-state index contributed by atoms with van der Waals surface area (Å²) >= 11 is 0.